The van der Waals surface area contributed by atoms with Crippen molar-refractivity contribution in [1.82, 2.24) is 38.7 Å². The van der Waals surface area contributed by atoms with E-state index in [4.69, 9.17) is 18.9 Å². The predicted octanol–water partition coefficient (Wildman–Crippen LogP) is 4.19. The number of benzene rings is 2. The first-order chi connectivity index (χ1) is 33.4. The van der Waals surface area contributed by atoms with Crippen LogP contribution in [-0.2, 0) is 24.5 Å². The number of aromatic nitrogens is 4. The van der Waals surface area contributed by atoms with Gasteiger partial charge in [-0.3, -0.25) is 14.4 Å². The molecule has 4 fully saturated rings. The molecular weight excluding hydrogens is 1020 g/mol. The third kappa shape index (κ3) is 14.3. The average Bonchev–Trinajstić information content (AvgIpc) is 4.03. The number of likely N-dealkylation sites (tertiary alicyclic amines) is 2. The molecule has 0 radical (unpaired) electrons. The molecule has 20 heteroatoms. The molecule has 0 aliphatic carbocycles. The number of fused-ring (bicyclic) bond motifs is 2. The number of ether oxygens (including phenoxy) is 4. The maximum absolute atomic E-state index is 13.6. The fraction of sp³-hybridized carbons (Fsp3) is 0.556. The summed E-state index contributed by atoms with van der Waals surface area (Å²) < 4.78 is 26.8. The number of rotatable bonds is 8. The van der Waals surface area contributed by atoms with E-state index < -0.39 is 16.8 Å². The largest absolute Gasteiger partial charge is 2.00 e. The van der Waals surface area contributed by atoms with Crippen molar-refractivity contribution < 1.29 is 65.0 Å². The van der Waals surface area contributed by atoms with Gasteiger partial charge >= 0.3 is 35.2 Å². The van der Waals surface area contributed by atoms with Crippen LogP contribution in [-0.4, -0.2) is 185 Å². The number of nitrogens with zero attached hydrogens (tertiary/aromatic N) is 8. The van der Waals surface area contributed by atoms with Gasteiger partial charge < -0.3 is 77.2 Å². The van der Waals surface area contributed by atoms with E-state index in [1.807, 2.05) is 107 Å². The zero-order valence-corrected chi connectivity index (χ0v) is 48.2. The summed E-state index contributed by atoms with van der Waals surface area (Å²) in [6.07, 6.45) is 6.44. The van der Waals surface area contributed by atoms with Crippen LogP contribution in [0.2, 0.25) is 0 Å². The average molecular weight is 1100 g/mol. The monoisotopic (exact) mass is 1100 g/mol. The summed E-state index contributed by atoms with van der Waals surface area (Å²) >= 11 is 0. The molecule has 6 atom stereocenters. The molecule has 6 heterocycles. The van der Waals surface area contributed by atoms with Crippen molar-refractivity contribution in [2.24, 2.45) is 0 Å². The molecule has 0 saturated carbocycles. The van der Waals surface area contributed by atoms with Crippen LogP contribution in [0.4, 0.5) is 9.59 Å². The predicted molar refractivity (Wildman–Crippen MR) is 276 cm³/mol. The van der Waals surface area contributed by atoms with Crippen LogP contribution in [0.5, 0.6) is 0 Å². The number of ketones is 1. The number of piperidine rings is 2. The van der Waals surface area contributed by atoms with Crippen molar-refractivity contribution in [3.63, 3.8) is 0 Å². The molecule has 0 unspecified atom stereocenters. The van der Waals surface area contributed by atoms with E-state index in [2.05, 4.69) is 9.97 Å². The molecule has 74 heavy (non-hydrogen) atoms. The van der Waals surface area contributed by atoms with Crippen molar-refractivity contribution in [1.29, 1.82) is 0 Å². The smallest absolute Gasteiger partial charge is 1.00 e. The Bertz CT molecular complexity index is 2570. The van der Waals surface area contributed by atoms with Gasteiger partial charge in [0.05, 0.1) is 80.2 Å². The quantitative estimate of drug-likeness (QED) is 0.151. The molecule has 4 amide bonds. The Morgan fingerprint density at radius 2 is 1.05 bits per heavy atom. The fourth-order valence-corrected chi connectivity index (χ4v) is 10.0. The van der Waals surface area contributed by atoms with Crippen LogP contribution in [0.3, 0.4) is 0 Å². The van der Waals surface area contributed by atoms with Gasteiger partial charge in [-0.1, -0.05) is 48.5 Å². The number of amides is 4. The number of Topliss-reactive ketones (excluding diaryl/α,β-unsaturated/α-hetero) is 1. The van der Waals surface area contributed by atoms with Crippen LogP contribution in [0.15, 0.2) is 73.6 Å². The molecule has 400 valence electrons. The molecule has 0 spiro atoms. The number of carbonyl (C=O) groups is 5. The van der Waals surface area contributed by atoms with Gasteiger partial charge in [-0.05, 0) is 106 Å². The molecule has 0 bridgehead atoms. The zero-order chi connectivity index (χ0) is 51.6. The van der Waals surface area contributed by atoms with Crippen molar-refractivity contribution in [2.75, 3.05) is 52.5 Å². The Hall–Kier alpha value is -4.86. The van der Waals surface area contributed by atoms with Crippen LogP contribution < -0.4 is 17.0 Å². The third-order valence-electron chi connectivity index (χ3n) is 13.5. The number of hydrogen-bond acceptors (Lipinski definition) is 12. The standard InChI is InChI=1S/C27H38N4O5.C26H34N4O5.CH3.BrH.Mg/c1-18(19-9-7-8-10-20(19)27(5,6)34)31-17-28-15-22(31)24(32)29-12-11-21-23(16-29)35-14-13-30(21)25(33)36-26(2,3)4;1-17(19-8-6-7-9-20(19)18(2)31)30-16-27-14-22(30)24(32)28-11-10-21-23(15-28)34-13-12-29(21)25(33)35-26(3,4)5;;;/h7-10,15,17-18,21,23,34H,11-14,16H2,1-6H3;6-9,14,16-17,21,23H,10-13,15H2,1-5H3;1H3;1H;/q;;-1;;+2/p-1/t18-,21+,23+;17-,21+,23+;;;/m00.../s1. The number of halogens is 1. The number of aliphatic hydroxyl groups is 1. The molecule has 4 aromatic rings. The van der Waals surface area contributed by atoms with Gasteiger partial charge in [0.1, 0.15) is 22.6 Å². The minimum atomic E-state index is -1.02. The number of morpholine rings is 2. The van der Waals surface area contributed by atoms with Crippen molar-refractivity contribution in [3.05, 3.63) is 115 Å². The van der Waals surface area contributed by atoms with Crippen molar-refractivity contribution in [3.8, 4) is 0 Å². The Morgan fingerprint density at radius 3 is 1.47 bits per heavy atom. The normalized spacial score (nSPS) is 20.6. The SMILES string of the molecule is CC(=O)c1ccccc1[C@H](C)n1cncc1C(=O)N1CC[C@@H]2[C@@H](C1)OCCN2C(=O)OC(C)(C)C.C[C@@H](c1ccccc1C(C)(C)O)n1cncc1C(=O)N1CC[C@@H]2[C@@H](C1)OCCN2C(=O)OC(C)(C)C.[Br-].[CH3-].[Mg+2]. The van der Waals surface area contributed by atoms with Gasteiger partial charge in [0, 0.05) is 44.8 Å². The maximum Gasteiger partial charge on any atom is 2.00 e. The Labute approximate surface area is 463 Å². The van der Waals surface area contributed by atoms with Crippen molar-refractivity contribution in [2.45, 2.75) is 142 Å². The Kier molecular flexibility index (Phi) is 21.1. The zero-order valence-electron chi connectivity index (χ0n) is 45.2. The van der Waals surface area contributed by atoms with E-state index in [1.54, 1.807) is 71.5 Å². The first-order valence-corrected chi connectivity index (χ1v) is 24.7. The second-order valence-corrected chi connectivity index (χ2v) is 21.4. The van der Waals surface area contributed by atoms with Gasteiger partial charge in [-0.15, -0.1) is 0 Å². The molecule has 18 nitrogen and oxygen atoms in total. The van der Waals surface area contributed by atoms with Gasteiger partial charge in [0.25, 0.3) is 11.8 Å². The topological polar surface area (TPSA) is 191 Å². The van der Waals surface area contributed by atoms with Gasteiger partial charge in [0.15, 0.2) is 5.78 Å². The molecule has 4 aliphatic rings. The van der Waals surface area contributed by atoms with E-state index >= 15 is 0 Å². The van der Waals surface area contributed by atoms with Crippen LogP contribution in [0, 0.1) is 7.43 Å². The van der Waals surface area contributed by atoms with Crippen LogP contribution in [0.1, 0.15) is 149 Å². The minimum absolute atomic E-state index is 0. The summed E-state index contributed by atoms with van der Waals surface area (Å²) in [7, 11) is 0. The first-order valence-electron chi connectivity index (χ1n) is 24.7. The first kappa shape index (κ1) is 61.7. The van der Waals surface area contributed by atoms with E-state index in [0.29, 0.717) is 82.3 Å². The summed E-state index contributed by atoms with van der Waals surface area (Å²) in [4.78, 5) is 80.4. The van der Waals surface area contributed by atoms with E-state index in [-0.39, 0.29) is 114 Å². The van der Waals surface area contributed by atoms with E-state index in [9.17, 15) is 29.1 Å². The van der Waals surface area contributed by atoms with Gasteiger partial charge in [-0.25, -0.2) is 19.6 Å². The summed E-state index contributed by atoms with van der Waals surface area (Å²) in [5, 5.41) is 10.7. The molecule has 2 aromatic heterocycles. The molecule has 8 rings (SSSR count). The number of hydrogen-bond donors (Lipinski definition) is 1. The van der Waals surface area contributed by atoms with Crippen molar-refractivity contribution >= 4 is 52.8 Å². The summed E-state index contributed by atoms with van der Waals surface area (Å²) in [5.41, 5.74) is 1.98. The van der Waals surface area contributed by atoms with Crippen LogP contribution in [0.25, 0.3) is 0 Å². The van der Waals surface area contributed by atoms with E-state index in [0.717, 1.165) is 16.7 Å². The van der Waals surface area contributed by atoms with Gasteiger partial charge in [0.2, 0.25) is 0 Å². The minimum Gasteiger partial charge on any atom is -1.00 e. The van der Waals surface area contributed by atoms with Gasteiger partial charge in [-0.2, -0.15) is 0 Å². The molecule has 4 saturated heterocycles. The Balaban J connectivity index is 0.000000308. The fourth-order valence-electron chi connectivity index (χ4n) is 10.0. The molecule has 1 N–H and O–H groups in total. The number of imidazole rings is 2. The second kappa shape index (κ2) is 25.3. The third-order valence-corrected chi connectivity index (χ3v) is 13.5. The summed E-state index contributed by atoms with van der Waals surface area (Å²) in [5.74, 6) is -0.297. The number of carbonyl (C=O) groups excluding carboxylic acids is 5. The molecule has 4 aliphatic heterocycles. The van der Waals surface area contributed by atoms with Crippen LogP contribution >= 0.6 is 0 Å². The summed E-state index contributed by atoms with van der Waals surface area (Å²) in [6.45, 7) is 23.7. The molecule has 2 aromatic carbocycles. The van der Waals surface area contributed by atoms with E-state index in [1.165, 1.54) is 0 Å². The maximum atomic E-state index is 13.6. The molecular formula is C54H75BrMgN8O10. The second-order valence-electron chi connectivity index (χ2n) is 21.4. The Morgan fingerprint density at radius 1 is 0.649 bits per heavy atom. The summed E-state index contributed by atoms with van der Waals surface area (Å²) in [6, 6.07) is 14.4.